The Balaban J connectivity index is 1.59. The highest BCUT2D eigenvalue weighted by Crippen LogP contribution is 2.44. The number of carbonyl (C=O) groups excluding carboxylic acids is 2. The van der Waals surface area contributed by atoms with Gasteiger partial charge in [-0.2, -0.15) is 0 Å². The number of halogens is 1. The van der Waals surface area contributed by atoms with E-state index in [1.165, 1.54) is 7.11 Å². The number of aromatic nitrogens is 1. The lowest BCUT2D eigenvalue weighted by Crippen LogP contribution is -2.46. The largest absolute Gasteiger partial charge is 0.494 e. The molecule has 0 spiro atoms. The highest BCUT2D eigenvalue weighted by Gasteiger charge is 2.50. The van der Waals surface area contributed by atoms with Gasteiger partial charge in [-0.05, 0) is 51.5 Å². The average Bonchev–Trinajstić information content (AvgIpc) is 3.77. The van der Waals surface area contributed by atoms with Crippen molar-refractivity contribution in [2.75, 3.05) is 25.2 Å². The Hall–Kier alpha value is -2.96. The molecule has 2 aliphatic rings. The van der Waals surface area contributed by atoms with Gasteiger partial charge in [-0.3, -0.25) is 9.59 Å². The van der Waals surface area contributed by atoms with Gasteiger partial charge in [0.1, 0.15) is 11.4 Å². The Morgan fingerprint density at radius 3 is 2.56 bits per heavy atom. The van der Waals surface area contributed by atoms with Crippen LogP contribution in [0.5, 0.6) is 5.75 Å². The number of nitrogens with zero attached hydrogens (tertiary/aromatic N) is 2. The van der Waals surface area contributed by atoms with E-state index < -0.39 is 23.5 Å². The van der Waals surface area contributed by atoms with Crippen molar-refractivity contribution in [3.8, 4) is 5.75 Å². The molecule has 1 aromatic heterocycles. The molecule has 2 aliphatic carbocycles. The molecule has 0 bridgehead atoms. The van der Waals surface area contributed by atoms with E-state index in [9.17, 15) is 9.59 Å². The van der Waals surface area contributed by atoms with Crippen LogP contribution in [0.2, 0.25) is 0 Å². The zero-order valence-electron chi connectivity index (χ0n) is 20.3. The summed E-state index contributed by atoms with van der Waals surface area (Å²) in [5.74, 6) is -0.557. The summed E-state index contributed by atoms with van der Waals surface area (Å²) in [7, 11) is 1.49. The van der Waals surface area contributed by atoms with E-state index in [4.69, 9.17) is 9.47 Å². The van der Waals surface area contributed by atoms with Crippen LogP contribution in [-0.4, -0.2) is 43.0 Å². The molecule has 6 nitrogen and oxygen atoms in total. The van der Waals surface area contributed by atoms with E-state index in [1.807, 2.05) is 42.2 Å². The molecule has 0 aliphatic heterocycles. The van der Waals surface area contributed by atoms with Crippen molar-refractivity contribution in [3.63, 3.8) is 0 Å². The highest BCUT2D eigenvalue weighted by atomic mass is 19.1. The maximum Gasteiger partial charge on any atom is 0.309 e. The van der Waals surface area contributed by atoms with E-state index in [1.54, 1.807) is 26.1 Å². The maximum atomic E-state index is 16.1. The third-order valence-corrected chi connectivity index (χ3v) is 7.08. The predicted octanol–water partition coefficient (Wildman–Crippen LogP) is 4.96. The molecule has 7 heteroatoms. The Morgan fingerprint density at radius 1 is 1.24 bits per heavy atom. The van der Waals surface area contributed by atoms with Crippen molar-refractivity contribution in [1.29, 1.82) is 0 Å². The van der Waals surface area contributed by atoms with Gasteiger partial charge in [-0.15, -0.1) is 0 Å². The third kappa shape index (κ3) is 4.93. The zero-order valence-corrected chi connectivity index (χ0v) is 20.3. The predicted molar refractivity (Wildman–Crippen MR) is 128 cm³/mol. The van der Waals surface area contributed by atoms with Gasteiger partial charge >= 0.3 is 5.97 Å². The standard InChI is InChI=1S/C27H33FN2O4/c1-5-34-26(32)22-14-21(22)25(31)24-23(33-4)13-20(15-29-24)30(16-18-11-12-18)17(2)27(3,28)19-9-7-6-8-10-19/h6-10,13,15,17-18,21-22H,5,11-12,14,16H2,1-4H3/t17-,21?,22?,27?/m0/s1. The first-order chi connectivity index (χ1) is 16.3. The number of rotatable bonds is 11. The second kappa shape index (κ2) is 9.72. The summed E-state index contributed by atoms with van der Waals surface area (Å²) < 4.78 is 26.7. The van der Waals surface area contributed by atoms with Crippen LogP contribution >= 0.6 is 0 Å². The van der Waals surface area contributed by atoms with Gasteiger partial charge < -0.3 is 14.4 Å². The molecule has 0 amide bonds. The van der Waals surface area contributed by atoms with Gasteiger partial charge in [0.25, 0.3) is 0 Å². The van der Waals surface area contributed by atoms with Crippen LogP contribution in [0.1, 0.15) is 56.1 Å². The number of esters is 1. The molecule has 1 aromatic carbocycles. The second-order valence-corrected chi connectivity index (χ2v) is 9.52. The van der Waals surface area contributed by atoms with Crippen LogP contribution in [0.25, 0.3) is 0 Å². The Bertz CT molecular complexity index is 1040. The number of Topliss-reactive ketones (excluding diaryl/α,β-unsaturated/α-hetero) is 1. The van der Waals surface area contributed by atoms with Gasteiger partial charge in [-0.25, -0.2) is 9.37 Å². The van der Waals surface area contributed by atoms with Crippen molar-refractivity contribution >= 4 is 17.4 Å². The fourth-order valence-corrected chi connectivity index (χ4v) is 4.47. The quantitative estimate of drug-likeness (QED) is 0.343. The summed E-state index contributed by atoms with van der Waals surface area (Å²) in [6.07, 6.45) is 4.33. The van der Waals surface area contributed by atoms with Crippen molar-refractivity contribution < 1.29 is 23.5 Å². The van der Waals surface area contributed by atoms with E-state index in [0.29, 0.717) is 35.9 Å². The Labute approximate surface area is 200 Å². The van der Waals surface area contributed by atoms with Crippen LogP contribution in [0.4, 0.5) is 10.1 Å². The number of pyridine rings is 1. The number of anilines is 1. The monoisotopic (exact) mass is 468 g/mol. The minimum Gasteiger partial charge on any atom is -0.494 e. The lowest BCUT2D eigenvalue weighted by atomic mass is 9.89. The van der Waals surface area contributed by atoms with Crippen molar-refractivity contribution in [1.82, 2.24) is 4.98 Å². The topological polar surface area (TPSA) is 68.7 Å². The lowest BCUT2D eigenvalue weighted by Gasteiger charge is -2.39. The molecular weight excluding hydrogens is 435 g/mol. The summed E-state index contributed by atoms with van der Waals surface area (Å²) >= 11 is 0. The number of hydrogen-bond acceptors (Lipinski definition) is 6. The summed E-state index contributed by atoms with van der Waals surface area (Å²) in [6.45, 7) is 6.24. The molecular formula is C27H33FN2O4. The molecule has 2 saturated carbocycles. The van der Waals surface area contributed by atoms with E-state index in [-0.39, 0.29) is 24.1 Å². The molecule has 0 radical (unpaired) electrons. The molecule has 4 rings (SSSR count). The zero-order chi connectivity index (χ0) is 24.5. The van der Waals surface area contributed by atoms with Crippen molar-refractivity contribution in [2.45, 2.75) is 51.7 Å². The smallest absolute Gasteiger partial charge is 0.309 e. The number of carbonyl (C=O) groups is 2. The van der Waals surface area contributed by atoms with Crippen LogP contribution in [0.15, 0.2) is 42.6 Å². The highest BCUT2D eigenvalue weighted by molar-refractivity contribution is 6.03. The summed E-state index contributed by atoms with van der Waals surface area (Å²) in [6, 6.07) is 10.5. The first-order valence-electron chi connectivity index (χ1n) is 12.0. The van der Waals surface area contributed by atoms with E-state index in [0.717, 1.165) is 12.8 Å². The third-order valence-electron chi connectivity index (χ3n) is 7.08. The van der Waals surface area contributed by atoms with Crippen LogP contribution < -0.4 is 9.64 Å². The van der Waals surface area contributed by atoms with Gasteiger partial charge in [0, 0.05) is 18.5 Å². The Morgan fingerprint density at radius 2 is 1.94 bits per heavy atom. The lowest BCUT2D eigenvalue weighted by molar-refractivity contribution is -0.144. The van der Waals surface area contributed by atoms with Gasteiger partial charge in [0.2, 0.25) is 0 Å². The summed E-state index contributed by atoms with van der Waals surface area (Å²) in [5, 5.41) is 0. The normalized spacial score (nSPS) is 21.8. The fourth-order valence-electron chi connectivity index (χ4n) is 4.47. The average molecular weight is 469 g/mol. The molecule has 1 heterocycles. The van der Waals surface area contributed by atoms with Gasteiger partial charge in [-0.1, -0.05) is 30.3 Å². The van der Waals surface area contributed by atoms with Crippen molar-refractivity contribution in [3.05, 3.63) is 53.9 Å². The van der Waals surface area contributed by atoms with E-state index >= 15 is 4.39 Å². The molecule has 34 heavy (non-hydrogen) atoms. The fraction of sp³-hybridized carbons (Fsp3) is 0.519. The van der Waals surface area contributed by atoms with Crippen LogP contribution in [-0.2, 0) is 15.2 Å². The molecule has 0 N–H and O–H groups in total. The summed E-state index contributed by atoms with van der Waals surface area (Å²) in [4.78, 5) is 31.5. The SMILES string of the molecule is CCOC(=O)C1CC1C(=O)c1ncc(N(CC2CC2)[C@@H](C)C(C)(F)c2ccccc2)cc1OC. The Kier molecular flexibility index (Phi) is 6.91. The van der Waals surface area contributed by atoms with Crippen molar-refractivity contribution in [2.24, 2.45) is 17.8 Å². The van der Waals surface area contributed by atoms with Gasteiger partial charge in [0.05, 0.1) is 37.6 Å². The first kappa shape index (κ1) is 24.2. The second-order valence-electron chi connectivity index (χ2n) is 9.52. The number of benzene rings is 1. The molecule has 182 valence electrons. The maximum absolute atomic E-state index is 16.1. The van der Waals surface area contributed by atoms with Crippen LogP contribution in [0, 0.1) is 17.8 Å². The van der Waals surface area contributed by atoms with E-state index in [2.05, 4.69) is 4.98 Å². The molecule has 2 aromatic rings. The number of alkyl halides is 1. The minimum absolute atomic E-state index is 0.202. The molecule has 0 saturated heterocycles. The number of methoxy groups -OCH3 is 1. The molecule has 4 atom stereocenters. The number of ketones is 1. The number of hydrogen-bond donors (Lipinski definition) is 0. The number of ether oxygens (including phenoxy) is 2. The minimum atomic E-state index is -1.60. The molecule has 2 fully saturated rings. The van der Waals surface area contributed by atoms with Crippen LogP contribution in [0.3, 0.4) is 0 Å². The summed E-state index contributed by atoms with van der Waals surface area (Å²) in [5.41, 5.74) is -0.0640. The van der Waals surface area contributed by atoms with Gasteiger partial charge in [0.15, 0.2) is 11.5 Å². The molecule has 3 unspecified atom stereocenters. The first-order valence-corrected chi connectivity index (χ1v) is 12.0.